The molecular formula is C14H22N2O2S. The first kappa shape index (κ1) is 14.2. The molecule has 0 saturated heterocycles. The summed E-state index contributed by atoms with van der Waals surface area (Å²) in [4.78, 5) is 0.271. The Hall–Kier alpha value is -1.23. The van der Waals surface area contributed by atoms with Crippen molar-refractivity contribution in [3.05, 3.63) is 18.2 Å². The number of sulfone groups is 1. The first-order valence-electron chi connectivity index (χ1n) is 6.72. The SMILES string of the molecule is CC1CCC(Nc2ccc(S(C)(=O)=O)cc2N)CC1. The maximum Gasteiger partial charge on any atom is 0.175 e. The Kier molecular flexibility index (Phi) is 4.04. The number of hydrogen-bond acceptors (Lipinski definition) is 4. The van der Waals surface area contributed by atoms with E-state index in [-0.39, 0.29) is 4.90 Å². The second kappa shape index (κ2) is 5.41. The summed E-state index contributed by atoms with van der Waals surface area (Å²) in [6.07, 6.45) is 5.96. The van der Waals surface area contributed by atoms with Crippen LogP contribution in [0.25, 0.3) is 0 Å². The predicted molar refractivity (Wildman–Crippen MR) is 79.0 cm³/mol. The van der Waals surface area contributed by atoms with Gasteiger partial charge in [0.15, 0.2) is 9.84 Å². The highest BCUT2D eigenvalue weighted by Crippen LogP contribution is 2.29. The van der Waals surface area contributed by atoms with Crippen LogP contribution < -0.4 is 11.1 Å². The number of nitrogens with two attached hydrogens (primary N) is 1. The van der Waals surface area contributed by atoms with Crippen molar-refractivity contribution in [3.8, 4) is 0 Å². The topological polar surface area (TPSA) is 72.2 Å². The van der Waals surface area contributed by atoms with Gasteiger partial charge in [-0.2, -0.15) is 0 Å². The van der Waals surface area contributed by atoms with Gasteiger partial charge in [0, 0.05) is 12.3 Å². The van der Waals surface area contributed by atoms with Gasteiger partial charge >= 0.3 is 0 Å². The van der Waals surface area contributed by atoms with Crippen molar-refractivity contribution in [1.29, 1.82) is 0 Å². The summed E-state index contributed by atoms with van der Waals surface area (Å²) < 4.78 is 22.9. The van der Waals surface area contributed by atoms with Gasteiger partial charge in [-0.25, -0.2) is 8.42 Å². The number of nitrogens with one attached hydrogen (secondary N) is 1. The van der Waals surface area contributed by atoms with Crippen LogP contribution in [0.1, 0.15) is 32.6 Å². The Morgan fingerprint density at radius 1 is 1.21 bits per heavy atom. The molecular weight excluding hydrogens is 260 g/mol. The Labute approximate surface area is 115 Å². The lowest BCUT2D eigenvalue weighted by molar-refractivity contribution is 0.361. The lowest BCUT2D eigenvalue weighted by Crippen LogP contribution is -2.25. The highest BCUT2D eigenvalue weighted by Gasteiger charge is 2.19. The highest BCUT2D eigenvalue weighted by atomic mass is 32.2. The quantitative estimate of drug-likeness (QED) is 0.836. The average Bonchev–Trinajstić information content (AvgIpc) is 2.33. The maximum atomic E-state index is 11.4. The van der Waals surface area contributed by atoms with E-state index in [9.17, 15) is 8.42 Å². The van der Waals surface area contributed by atoms with Gasteiger partial charge in [-0.3, -0.25) is 0 Å². The normalized spacial score (nSPS) is 24.1. The molecule has 0 aliphatic heterocycles. The second-order valence-corrected chi connectivity index (χ2v) is 7.64. The van der Waals surface area contributed by atoms with Crippen LogP contribution in [0.2, 0.25) is 0 Å². The molecule has 0 amide bonds. The molecule has 0 radical (unpaired) electrons. The summed E-state index contributed by atoms with van der Waals surface area (Å²) in [5, 5.41) is 3.43. The van der Waals surface area contributed by atoms with Crippen LogP contribution in [0.15, 0.2) is 23.1 Å². The minimum absolute atomic E-state index is 0.271. The van der Waals surface area contributed by atoms with Gasteiger partial charge in [-0.05, 0) is 49.8 Å². The smallest absolute Gasteiger partial charge is 0.175 e. The highest BCUT2D eigenvalue weighted by molar-refractivity contribution is 7.90. The van der Waals surface area contributed by atoms with Crippen molar-refractivity contribution >= 4 is 21.2 Å². The first-order chi connectivity index (χ1) is 8.86. The van der Waals surface area contributed by atoms with Gasteiger partial charge in [0.1, 0.15) is 0 Å². The van der Waals surface area contributed by atoms with Crippen molar-refractivity contribution in [2.45, 2.75) is 43.5 Å². The number of anilines is 2. The summed E-state index contributed by atoms with van der Waals surface area (Å²) >= 11 is 0. The fourth-order valence-corrected chi connectivity index (χ4v) is 3.18. The van der Waals surface area contributed by atoms with Gasteiger partial charge in [0.2, 0.25) is 0 Å². The summed E-state index contributed by atoms with van der Waals surface area (Å²) in [5.74, 6) is 0.808. The molecule has 0 unspecified atom stereocenters. The molecule has 0 heterocycles. The predicted octanol–water partition coefficient (Wildman–Crippen LogP) is 2.66. The average molecular weight is 282 g/mol. The van der Waals surface area contributed by atoms with Crippen LogP contribution >= 0.6 is 0 Å². The van der Waals surface area contributed by atoms with E-state index in [1.807, 2.05) is 0 Å². The number of rotatable bonds is 3. The molecule has 1 aromatic carbocycles. The van der Waals surface area contributed by atoms with Crippen molar-refractivity contribution in [2.75, 3.05) is 17.3 Å². The summed E-state index contributed by atoms with van der Waals surface area (Å²) in [5.41, 5.74) is 7.28. The summed E-state index contributed by atoms with van der Waals surface area (Å²) in [6.45, 7) is 2.28. The third-order valence-electron chi connectivity index (χ3n) is 3.83. The Bertz CT molecular complexity index is 547. The van der Waals surface area contributed by atoms with Crippen LogP contribution in [0.3, 0.4) is 0 Å². The molecule has 19 heavy (non-hydrogen) atoms. The third-order valence-corrected chi connectivity index (χ3v) is 4.94. The fourth-order valence-electron chi connectivity index (χ4n) is 2.53. The first-order valence-corrected chi connectivity index (χ1v) is 8.61. The van der Waals surface area contributed by atoms with Gasteiger partial charge in [-0.1, -0.05) is 6.92 Å². The minimum Gasteiger partial charge on any atom is -0.397 e. The van der Waals surface area contributed by atoms with Gasteiger partial charge in [0.05, 0.1) is 16.3 Å². The van der Waals surface area contributed by atoms with Gasteiger partial charge < -0.3 is 11.1 Å². The number of nitrogen functional groups attached to an aromatic ring is 1. The molecule has 106 valence electrons. The fraction of sp³-hybridized carbons (Fsp3) is 0.571. The molecule has 2 rings (SSSR count). The molecule has 1 aromatic rings. The second-order valence-electron chi connectivity index (χ2n) is 5.62. The van der Waals surface area contributed by atoms with E-state index in [4.69, 9.17) is 5.73 Å². The summed E-state index contributed by atoms with van der Waals surface area (Å²) in [7, 11) is -3.19. The van der Waals surface area contributed by atoms with E-state index in [0.717, 1.165) is 24.4 Å². The molecule has 3 N–H and O–H groups in total. The molecule has 0 spiro atoms. The lowest BCUT2D eigenvalue weighted by atomic mass is 9.87. The van der Waals surface area contributed by atoms with E-state index in [0.29, 0.717) is 11.7 Å². The van der Waals surface area contributed by atoms with Gasteiger partial charge in [-0.15, -0.1) is 0 Å². The zero-order chi connectivity index (χ0) is 14.0. The molecule has 1 saturated carbocycles. The molecule has 1 fully saturated rings. The lowest BCUT2D eigenvalue weighted by Gasteiger charge is -2.28. The molecule has 1 aliphatic carbocycles. The number of hydrogen-bond donors (Lipinski definition) is 2. The Morgan fingerprint density at radius 2 is 1.84 bits per heavy atom. The van der Waals surface area contributed by atoms with Crippen LogP contribution in [0, 0.1) is 5.92 Å². The van der Waals surface area contributed by atoms with Crippen LogP contribution in [-0.4, -0.2) is 20.7 Å². The summed E-state index contributed by atoms with van der Waals surface area (Å²) in [6, 6.07) is 5.36. The van der Waals surface area contributed by atoms with Crippen LogP contribution in [0.4, 0.5) is 11.4 Å². The van der Waals surface area contributed by atoms with Crippen molar-refractivity contribution in [2.24, 2.45) is 5.92 Å². The van der Waals surface area contributed by atoms with E-state index in [1.165, 1.54) is 25.2 Å². The monoisotopic (exact) mass is 282 g/mol. The van der Waals surface area contributed by atoms with E-state index >= 15 is 0 Å². The largest absolute Gasteiger partial charge is 0.397 e. The van der Waals surface area contributed by atoms with E-state index in [1.54, 1.807) is 12.1 Å². The zero-order valence-electron chi connectivity index (χ0n) is 11.5. The Morgan fingerprint density at radius 3 is 2.37 bits per heavy atom. The molecule has 0 atom stereocenters. The molecule has 1 aliphatic rings. The number of benzene rings is 1. The molecule has 0 aromatic heterocycles. The van der Waals surface area contributed by atoms with E-state index in [2.05, 4.69) is 12.2 Å². The van der Waals surface area contributed by atoms with Crippen LogP contribution in [-0.2, 0) is 9.84 Å². The zero-order valence-corrected chi connectivity index (χ0v) is 12.3. The minimum atomic E-state index is -3.19. The third kappa shape index (κ3) is 3.62. The molecule has 4 nitrogen and oxygen atoms in total. The van der Waals surface area contributed by atoms with Crippen molar-refractivity contribution in [1.82, 2.24) is 0 Å². The standard InChI is InChI=1S/C14H22N2O2S/c1-10-3-5-11(6-4-10)16-14-8-7-12(9-13(14)15)19(2,17)18/h7-11,16H,3-6,15H2,1-2H3. The van der Waals surface area contributed by atoms with E-state index < -0.39 is 9.84 Å². The van der Waals surface area contributed by atoms with Crippen molar-refractivity contribution < 1.29 is 8.42 Å². The molecule has 0 bridgehead atoms. The van der Waals surface area contributed by atoms with Crippen LogP contribution in [0.5, 0.6) is 0 Å². The maximum absolute atomic E-state index is 11.4. The van der Waals surface area contributed by atoms with Gasteiger partial charge in [0.25, 0.3) is 0 Å². The van der Waals surface area contributed by atoms with Crippen molar-refractivity contribution in [3.63, 3.8) is 0 Å². The Balaban J connectivity index is 2.09. The molecule has 5 heteroatoms.